The number of hydrazone groups is 1. The van der Waals surface area contributed by atoms with Crippen molar-refractivity contribution in [2.24, 2.45) is 5.10 Å². The van der Waals surface area contributed by atoms with Crippen LogP contribution in [0.4, 0.5) is 5.69 Å². The van der Waals surface area contributed by atoms with Crippen LogP contribution in [0.2, 0.25) is 0 Å². The third-order valence-corrected chi connectivity index (χ3v) is 4.30. The number of amides is 1. The number of hydrogen-bond donors (Lipinski definition) is 3. The van der Waals surface area contributed by atoms with Crippen LogP contribution in [0.3, 0.4) is 0 Å². The summed E-state index contributed by atoms with van der Waals surface area (Å²) in [7, 11) is 0. The van der Waals surface area contributed by atoms with Crippen molar-refractivity contribution >= 4 is 34.2 Å². The molecular formula is C19H14N4O4. The number of aromatic amines is 2. The fraction of sp³-hybridized carbons (Fsp3) is 0.0526. The van der Waals surface area contributed by atoms with Crippen LogP contribution in [0.25, 0.3) is 16.8 Å². The largest absolute Gasteiger partial charge is 0.494 e. The van der Waals surface area contributed by atoms with Gasteiger partial charge in [0.1, 0.15) is 5.56 Å². The molecule has 0 spiro atoms. The van der Waals surface area contributed by atoms with Gasteiger partial charge in [-0.15, -0.1) is 0 Å². The fourth-order valence-corrected chi connectivity index (χ4v) is 3.00. The molecule has 1 aliphatic rings. The topological polar surface area (TPSA) is 119 Å². The van der Waals surface area contributed by atoms with Gasteiger partial charge >= 0.3 is 5.69 Å². The highest BCUT2D eigenvalue weighted by molar-refractivity contribution is 6.33. The zero-order valence-electron chi connectivity index (χ0n) is 14.2. The van der Waals surface area contributed by atoms with Crippen molar-refractivity contribution in [2.75, 3.05) is 5.01 Å². The highest BCUT2D eigenvalue weighted by atomic mass is 16.3. The van der Waals surface area contributed by atoms with Gasteiger partial charge in [-0.25, -0.2) is 4.79 Å². The Bertz CT molecular complexity index is 1260. The number of hydrogen-bond acceptors (Lipinski definition) is 5. The first-order valence-electron chi connectivity index (χ1n) is 8.11. The van der Waals surface area contributed by atoms with Gasteiger partial charge < -0.3 is 5.11 Å². The molecule has 0 radical (unpaired) electrons. The van der Waals surface area contributed by atoms with Crippen LogP contribution in [-0.2, 0) is 4.79 Å². The lowest BCUT2D eigenvalue weighted by molar-refractivity contribution is -0.114. The highest BCUT2D eigenvalue weighted by Crippen LogP contribution is 2.31. The van der Waals surface area contributed by atoms with Gasteiger partial charge in [-0.1, -0.05) is 36.4 Å². The monoisotopic (exact) mass is 362 g/mol. The number of benzene rings is 2. The van der Waals surface area contributed by atoms with Gasteiger partial charge in [0.05, 0.1) is 17.0 Å². The third kappa shape index (κ3) is 2.73. The average Bonchev–Trinajstić information content (AvgIpc) is 2.91. The normalized spacial score (nSPS) is 15.6. The van der Waals surface area contributed by atoms with E-state index in [4.69, 9.17) is 0 Å². The van der Waals surface area contributed by atoms with Crippen molar-refractivity contribution in [3.05, 3.63) is 74.4 Å². The molecule has 8 nitrogen and oxygen atoms in total. The lowest BCUT2D eigenvalue weighted by atomic mass is 10.1. The quantitative estimate of drug-likeness (QED) is 0.602. The van der Waals surface area contributed by atoms with Gasteiger partial charge in [-0.2, -0.15) is 10.1 Å². The summed E-state index contributed by atoms with van der Waals surface area (Å²) in [5.74, 6) is -1.05. The Morgan fingerprint density at radius 2 is 1.78 bits per heavy atom. The standard InChI is InChI=1S/C19H14N4O4/c1-10-13(9-14-16(24)20-19(27)21-17(14)25)18(26)23(22-10)15-8-4-6-11-5-2-3-7-12(11)15/h2-9H,1H3,(H3,20,21,24,25,27)/b13-9+. The molecule has 1 aromatic heterocycles. The first kappa shape index (κ1) is 16.5. The molecule has 2 aromatic carbocycles. The molecule has 134 valence electrons. The van der Waals surface area contributed by atoms with E-state index in [1.807, 2.05) is 41.4 Å². The predicted octanol–water partition coefficient (Wildman–Crippen LogP) is 1.73. The van der Waals surface area contributed by atoms with E-state index in [0.717, 1.165) is 10.8 Å². The van der Waals surface area contributed by atoms with Crippen molar-refractivity contribution in [2.45, 2.75) is 6.92 Å². The summed E-state index contributed by atoms with van der Waals surface area (Å²) in [6.45, 7) is 1.63. The molecule has 0 atom stereocenters. The van der Waals surface area contributed by atoms with E-state index in [9.17, 15) is 19.5 Å². The Morgan fingerprint density at radius 3 is 2.56 bits per heavy atom. The maximum Gasteiger partial charge on any atom is 0.328 e. The second-order valence-corrected chi connectivity index (χ2v) is 6.03. The zero-order valence-corrected chi connectivity index (χ0v) is 14.2. The minimum absolute atomic E-state index is 0.149. The van der Waals surface area contributed by atoms with Crippen LogP contribution in [-0.4, -0.2) is 26.7 Å². The SMILES string of the molecule is CC1=NN(c2cccc3ccccc23)C(=O)/C1=C/c1c(O)[nH]c(=O)[nH]c1=O. The Labute approximate surface area is 152 Å². The number of rotatable bonds is 2. The lowest BCUT2D eigenvalue weighted by Gasteiger charge is -2.14. The van der Waals surface area contributed by atoms with Gasteiger partial charge in [-0.05, 0) is 24.5 Å². The third-order valence-electron chi connectivity index (χ3n) is 4.30. The van der Waals surface area contributed by atoms with Gasteiger partial charge in [0, 0.05) is 5.39 Å². The van der Waals surface area contributed by atoms with Crippen molar-refractivity contribution < 1.29 is 9.90 Å². The number of carbonyl (C=O) groups excluding carboxylic acids is 1. The summed E-state index contributed by atoms with van der Waals surface area (Å²) in [5, 5.41) is 17.2. The Balaban J connectivity index is 1.83. The van der Waals surface area contributed by atoms with E-state index in [-0.39, 0.29) is 11.1 Å². The lowest BCUT2D eigenvalue weighted by Crippen LogP contribution is -2.25. The first-order chi connectivity index (χ1) is 13.0. The Hall–Kier alpha value is -3.94. The molecule has 2 heterocycles. The smallest absolute Gasteiger partial charge is 0.328 e. The van der Waals surface area contributed by atoms with E-state index in [2.05, 4.69) is 10.1 Å². The maximum atomic E-state index is 12.9. The van der Waals surface area contributed by atoms with Crippen molar-refractivity contribution in [1.82, 2.24) is 9.97 Å². The van der Waals surface area contributed by atoms with E-state index in [1.165, 1.54) is 11.1 Å². The number of fused-ring (bicyclic) bond motifs is 1. The minimum atomic E-state index is -0.833. The van der Waals surface area contributed by atoms with E-state index in [0.29, 0.717) is 11.4 Å². The molecule has 1 aliphatic heterocycles. The summed E-state index contributed by atoms with van der Waals surface area (Å²) < 4.78 is 0. The number of nitrogens with zero attached hydrogens (tertiary/aromatic N) is 2. The van der Waals surface area contributed by atoms with E-state index < -0.39 is 23.0 Å². The summed E-state index contributed by atoms with van der Waals surface area (Å²) in [6, 6.07) is 13.2. The average molecular weight is 362 g/mol. The second kappa shape index (κ2) is 6.10. The molecule has 0 bridgehead atoms. The highest BCUT2D eigenvalue weighted by Gasteiger charge is 2.30. The number of aromatic hydroxyl groups is 1. The molecule has 0 fully saturated rings. The maximum absolute atomic E-state index is 12.9. The van der Waals surface area contributed by atoms with E-state index in [1.54, 1.807) is 13.0 Å². The molecule has 0 aliphatic carbocycles. The fourth-order valence-electron chi connectivity index (χ4n) is 3.00. The molecule has 4 rings (SSSR count). The molecule has 0 unspecified atom stereocenters. The van der Waals surface area contributed by atoms with Gasteiger partial charge in [0.2, 0.25) is 5.88 Å². The summed E-state index contributed by atoms with van der Waals surface area (Å²) in [4.78, 5) is 40.2. The molecule has 8 heteroatoms. The van der Waals surface area contributed by atoms with Crippen LogP contribution < -0.4 is 16.3 Å². The van der Waals surface area contributed by atoms with Crippen molar-refractivity contribution in [3.63, 3.8) is 0 Å². The second-order valence-electron chi connectivity index (χ2n) is 6.03. The molecule has 3 aromatic rings. The van der Waals surface area contributed by atoms with Gasteiger partial charge in [-0.3, -0.25) is 19.6 Å². The first-order valence-corrected chi connectivity index (χ1v) is 8.11. The summed E-state index contributed by atoms with van der Waals surface area (Å²) in [6.07, 6.45) is 1.22. The van der Waals surface area contributed by atoms with Crippen molar-refractivity contribution in [1.29, 1.82) is 0 Å². The van der Waals surface area contributed by atoms with Crippen LogP contribution in [0.5, 0.6) is 5.88 Å². The van der Waals surface area contributed by atoms with Crippen LogP contribution >= 0.6 is 0 Å². The van der Waals surface area contributed by atoms with Crippen molar-refractivity contribution in [3.8, 4) is 5.88 Å². The number of anilines is 1. The predicted molar refractivity (Wildman–Crippen MR) is 102 cm³/mol. The van der Waals surface area contributed by atoms with Crippen LogP contribution in [0.1, 0.15) is 12.5 Å². The molecule has 27 heavy (non-hydrogen) atoms. The molecule has 0 saturated heterocycles. The zero-order chi connectivity index (χ0) is 19.1. The molecule has 1 amide bonds. The van der Waals surface area contributed by atoms with Gasteiger partial charge in [0.15, 0.2) is 0 Å². The van der Waals surface area contributed by atoms with Crippen LogP contribution in [0.15, 0.2) is 62.7 Å². The summed E-state index contributed by atoms with van der Waals surface area (Å²) in [5.41, 5.74) is -0.699. The summed E-state index contributed by atoms with van der Waals surface area (Å²) >= 11 is 0. The molecule has 0 saturated carbocycles. The Morgan fingerprint density at radius 1 is 1.04 bits per heavy atom. The number of carbonyl (C=O) groups is 1. The Kier molecular flexibility index (Phi) is 3.73. The van der Waals surface area contributed by atoms with Gasteiger partial charge in [0.25, 0.3) is 11.5 Å². The molecular weight excluding hydrogens is 348 g/mol. The number of H-pyrrole nitrogens is 2. The van der Waals surface area contributed by atoms with Crippen LogP contribution in [0, 0.1) is 0 Å². The molecule has 3 N–H and O–H groups in total. The minimum Gasteiger partial charge on any atom is -0.494 e. The number of nitrogens with one attached hydrogen (secondary N) is 2. The number of aromatic nitrogens is 2. The van der Waals surface area contributed by atoms with E-state index >= 15 is 0 Å².